The molecule has 2 N–H and O–H groups in total. The molecule has 0 radical (unpaired) electrons. The van der Waals surface area contributed by atoms with E-state index in [1.54, 1.807) is 6.92 Å². The Morgan fingerprint density at radius 1 is 1.29 bits per heavy atom. The molecule has 1 fully saturated rings. The molecule has 31 heavy (non-hydrogen) atoms. The first-order valence-electron chi connectivity index (χ1n) is 9.72. The number of nitrogens with zero attached hydrogens (tertiary/aromatic N) is 4. The molecule has 8 nitrogen and oxygen atoms in total. The van der Waals surface area contributed by atoms with E-state index in [0.717, 1.165) is 45.4 Å². The third kappa shape index (κ3) is 3.51. The molecule has 1 aliphatic carbocycles. The Hall–Kier alpha value is -2.79. The van der Waals surface area contributed by atoms with Gasteiger partial charge < -0.3 is 10.3 Å². The van der Waals surface area contributed by atoms with Gasteiger partial charge in [-0.1, -0.05) is 17.3 Å². The Morgan fingerprint density at radius 3 is 2.74 bits per heavy atom. The molecule has 1 aromatic carbocycles. The Balaban J connectivity index is 1.51. The first-order chi connectivity index (χ1) is 14.7. The average Bonchev–Trinajstić information content (AvgIpc) is 3.30. The summed E-state index contributed by atoms with van der Waals surface area (Å²) in [5.41, 5.74) is 6.00. The number of benzene rings is 1. The van der Waals surface area contributed by atoms with Crippen LogP contribution in [0.2, 0.25) is 0 Å². The van der Waals surface area contributed by atoms with Crippen LogP contribution in [0.5, 0.6) is 0 Å². The summed E-state index contributed by atoms with van der Waals surface area (Å²) >= 11 is 1.16. The van der Waals surface area contributed by atoms with Crippen molar-refractivity contribution in [2.45, 2.75) is 31.2 Å². The van der Waals surface area contributed by atoms with E-state index in [9.17, 15) is 12.8 Å². The highest BCUT2D eigenvalue weighted by Gasteiger charge is 2.43. The Morgan fingerprint density at radius 2 is 2.03 bits per heavy atom. The van der Waals surface area contributed by atoms with Crippen molar-refractivity contribution in [2.24, 2.45) is 10.7 Å². The van der Waals surface area contributed by atoms with Crippen LogP contribution in [0, 0.1) is 5.82 Å². The highest BCUT2D eigenvalue weighted by molar-refractivity contribution is 7.89. The van der Waals surface area contributed by atoms with Gasteiger partial charge in [0, 0.05) is 23.4 Å². The summed E-state index contributed by atoms with van der Waals surface area (Å²) in [6.45, 7) is 1.58. The quantitative estimate of drug-likeness (QED) is 0.638. The second-order valence-electron chi connectivity index (χ2n) is 8.07. The zero-order valence-corrected chi connectivity index (χ0v) is 18.5. The maximum absolute atomic E-state index is 15.0. The molecule has 2 aromatic heterocycles. The molecular formula is C20H20FN5O3S2. The minimum absolute atomic E-state index is 0.159. The van der Waals surface area contributed by atoms with E-state index in [2.05, 4.69) is 15.1 Å². The molecule has 0 amide bonds. The van der Waals surface area contributed by atoms with E-state index in [0.29, 0.717) is 16.7 Å². The number of hydrogen-bond acceptors (Lipinski definition) is 8. The summed E-state index contributed by atoms with van der Waals surface area (Å²) in [6, 6.07) is 8.78. The molecule has 2 aliphatic rings. The summed E-state index contributed by atoms with van der Waals surface area (Å²) in [4.78, 5) is 9.63. The normalized spacial score (nSPS) is 23.1. The van der Waals surface area contributed by atoms with Crippen LogP contribution in [-0.2, 0) is 15.6 Å². The van der Waals surface area contributed by atoms with Crippen molar-refractivity contribution < 1.29 is 17.3 Å². The summed E-state index contributed by atoms with van der Waals surface area (Å²) in [6.07, 6.45) is 2.15. The highest BCUT2D eigenvalue weighted by atomic mass is 32.2. The highest BCUT2D eigenvalue weighted by Crippen LogP contribution is 2.42. The van der Waals surface area contributed by atoms with Crippen molar-refractivity contribution in [2.75, 3.05) is 12.8 Å². The minimum atomic E-state index is -3.69. The summed E-state index contributed by atoms with van der Waals surface area (Å²) < 4.78 is 46.2. The lowest BCUT2D eigenvalue weighted by atomic mass is 10.0. The molecule has 0 saturated heterocycles. The van der Waals surface area contributed by atoms with Crippen LogP contribution in [0.15, 0.2) is 39.8 Å². The van der Waals surface area contributed by atoms with Crippen molar-refractivity contribution >= 4 is 27.3 Å². The lowest BCUT2D eigenvalue weighted by molar-refractivity contribution is 0.422. The fraction of sp³-hybridized carbons (Fsp3) is 0.350. The van der Waals surface area contributed by atoms with E-state index in [1.807, 2.05) is 24.3 Å². The molecule has 1 aliphatic heterocycles. The third-order valence-electron chi connectivity index (χ3n) is 5.52. The fourth-order valence-electron chi connectivity index (χ4n) is 3.61. The maximum atomic E-state index is 15.0. The average molecular weight is 462 g/mol. The number of aliphatic imine (C=N–C) groups is 1. The van der Waals surface area contributed by atoms with Gasteiger partial charge in [-0.2, -0.15) is 4.98 Å². The zero-order chi connectivity index (χ0) is 22.0. The molecular weight excluding hydrogens is 441 g/mol. The van der Waals surface area contributed by atoms with Gasteiger partial charge in [0.15, 0.2) is 5.82 Å². The number of hydrogen-bond donors (Lipinski definition) is 1. The van der Waals surface area contributed by atoms with E-state index < -0.39 is 21.4 Å². The van der Waals surface area contributed by atoms with E-state index in [1.165, 1.54) is 13.1 Å². The monoisotopic (exact) mass is 461 g/mol. The van der Waals surface area contributed by atoms with Crippen molar-refractivity contribution in [3.05, 3.63) is 46.9 Å². The van der Waals surface area contributed by atoms with Crippen LogP contribution in [-0.4, -0.2) is 41.6 Å². The molecule has 3 heterocycles. The third-order valence-corrected chi connectivity index (χ3v) is 8.88. The molecule has 162 valence electrons. The molecule has 3 aromatic rings. The topological polar surface area (TPSA) is 115 Å². The van der Waals surface area contributed by atoms with Gasteiger partial charge in [-0.25, -0.2) is 22.1 Å². The van der Waals surface area contributed by atoms with Crippen LogP contribution < -0.4 is 5.73 Å². The molecule has 1 unspecified atom stereocenters. The number of halogens is 1. The van der Waals surface area contributed by atoms with Crippen LogP contribution in [0.1, 0.15) is 36.4 Å². The molecule has 1 saturated carbocycles. The van der Waals surface area contributed by atoms with Gasteiger partial charge >= 0.3 is 0 Å². The van der Waals surface area contributed by atoms with Crippen LogP contribution in [0.3, 0.4) is 0 Å². The van der Waals surface area contributed by atoms with Crippen LogP contribution in [0.4, 0.5) is 4.39 Å². The Labute approximate surface area is 182 Å². The molecule has 11 heteroatoms. The van der Waals surface area contributed by atoms with Crippen LogP contribution in [0.25, 0.3) is 21.9 Å². The zero-order valence-electron chi connectivity index (χ0n) is 16.9. The standard InChI is InChI=1S/C20H20FN5O3S2/c1-20(10-31(27,28)26(2)19(22)24-20)16-14(21)9-15(30-16)12-4-3-5-13(8-12)18-23-17(25-29-18)11-6-7-11/h3-5,8-9,11H,6-7,10H2,1-2H3,(H2,22,24). The van der Waals surface area contributed by atoms with Gasteiger partial charge in [0.2, 0.25) is 16.0 Å². The maximum Gasteiger partial charge on any atom is 0.257 e. The van der Waals surface area contributed by atoms with E-state index >= 15 is 0 Å². The lowest BCUT2D eigenvalue weighted by Gasteiger charge is -2.33. The van der Waals surface area contributed by atoms with Crippen molar-refractivity contribution in [1.82, 2.24) is 14.4 Å². The smallest absolute Gasteiger partial charge is 0.257 e. The minimum Gasteiger partial charge on any atom is -0.369 e. The van der Waals surface area contributed by atoms with Gasteiger partial charge in [0.25, 0.3) is 5.89 Å². The Kier molecular flexibility index (Phi) is 4.45. The number of nitrogens with two attached hydrogens (primary N) is 1. The van der Waals surface area contributed by atoms with E-state index in [4.69, 9.17) is 10.3 Å². The number of rotatable bonds is 4. The van der Waals surface area contributed by atoms with Gasteiger partial charge in [-0.3, -0.25) is 0 Å². The SMILES string of the molecule is CN1C(N)=NC(C)(c2sc(-c3cccc(-c4nc(C5CC5)no4)c3)cc2F)CS1(=O)=O. The van der Waals surface area contributed by atoms with Crippen molar-refractivity contribution in [3.8, 4) is 21.9 Å². The number of guanidine groups is 1. The van der Waals surface area contributed by atoms with E-state index in [-0.39, 0.29) is 16.6 Å². The number of aromatic nitrogens is 2. The molecule has 5 rings (SSSR count). The van der Waals surface area contributed by atoms with Crippen molar-refractivity contribution in [3.63, 3.8) is 0 Å². The molecule has 0 bridgehead atoms. The van der Waals surface area contributed by atoms with Gasteiger partial charge in [0.1, 0.15) is 11.4 Å². The second kappa shape index (κ2) is 6.86. The predicted octanol–water partition coefficient (Wildman–Crippen LogP) is 3.29. The first-order valence-corrected chi connectivity index (χ1v) is 12.1. The number of thiophene rings is 1. The molecule has 0 spiro atoms. The summed E-state index contributed by atoms with van der Waals surface area (Å²) in [5, 5.41) is 4.04. The Bertz CT molecular complexity index is 1310. The lowest BCUT2D eigenvalue weighted by Crippen LogP contribution is -2.50. The van der Waals surface area contributed by atoms with Crippen molar-refractivity contribution in [1.29, 1.82) is 0 Å². The molecule has 1 atom stereocenters. The summed E-state index contributed by atoms with van der Waals surface area (Å²) in [5.74, 6) is 0.489. The van der Waals surface area contributed by atoms with Gasteiger partial charge in [0.05, 0.1) is 10.6 Å². The number of sulfonamides is 1. The summed E-state index contributed by atoms with van der Waals surface area (Å²) in [7, 11) is -2.36. The van der Waals surface area contributed by atoms with Crippen LogP contribution >= 0.6 is 11.3 Å². The van der Waals surface area contributed by atoms with Gasteiger partial charge in [-0.05, 0) is 43.5 Å². The largest absolute Gasteiger partial charge is 0.369 e. The first kappa shape index (κ1) is 20.1. The second-order valence-corrected chi connectivity index (χ2v) is 11.1. The predicted molar refractivity (Wildman–Crippen MR) is 116 cm³/mol. The van der Waals surface area contributed by atoms with Gasteiger partial charge in [-0.15, -0.1) is 11.3 Å². The fourth-order valence-corrected chi connectivity index (χ4v) is 6.26.